The van der Waals surface area contributed by atoms with E-state index in [9.17, 15) is 13.2 Å². The largest absolute Gasteiger partial charge is 0.342 e. The Morgan fingerprint density at radius 1 is 1.32 bits per heavy atom. The van der Waals surface area contributed by atoms with Crippen LogP contribution in [0.5, 0.6) is 0 Å². The number of hydrogen-bond donors (Lipinski definition) is 0. The van der Waals surface area contributed by atoms with E-state index < -0.39 is 20.8 Å². The van der Waals surface area contributed by atoms with Crippen molar-refractivity contribution in [2.45, 2.75) is 57.0 Å². The molecule has 0 N–H and O–H groups in total. The van der Waals surface area contributed by atoms with E-state index in [1.165, 1.54) is 6.92 Å². The van der Waals surface area contributed by atoms with Gasteiger partial charge >= 0.3 is 0 Å². The number of carbonyl (C=O) groups is 1. The van der Waals surface area contributed by atoms with Gasteiger partial charge in [0.25, 0.3) is 0 Å². The maximum Gasteiger partial charge on any atom is 0.241 e. The molecule has 2 rings (SSSR count). The first-order valence-corrected chi connectivity index (χ1v) is 9.16. The molecule has 8 heteroatoms. The molecule has 7 nitrogen and oxygen atoms in total. The third-order valence-corrected chi connectivity index (χ3v) is 5.70. The van der Waals surface area contributed by atoms with Crippen LogP contribution in [0.1, 0.15) is 52.3 Å². The number of aromatic nitrogens is 2. The molecule has 1 fully saturated rings. The van der Waals surface area contributed by atoms with Crippen molar-refractivity contribution in [1.82, 2.24) is 15.0 Å². The molecular formula is C14H23N3O4S. The summed E-state index contributed by atoms with van der Waals surface area (Å²) in [7, 11) is -3.67. The highest BCUT2D eigenvalue weighted by Crippen LogP contribution is 2.20. The Kier molecular flexibility index (Phi) is 4.60. The number of amides is 1. The number of likely N-dealkylation sites (tertiary alicyclic amines) is 1. The Balaban J connectivity index is 2.10. The van der Waals surface area contributed by atoms with Crippen molar-refractivity contribution < 1.29 is 17.7 Å². The van der Waals surface area contributed by atoms with Gasteiger partial charge in [-0.3, -0.25) is 4.79 Å². The van der Waals surface area contributed by atoms with Gasteiger partial charge in [-0.1, -0.05) is 25.9 Å². The second-order valence-corrected chi connectivity index (χ2v) is 9.07. The van der Waals surface area contributed by atoms with E-state index in [2.05, 4.69) is 10.1 Å². The van der Waals surface area contributed by atoms with E-state index in [-0.39, 0.29) is 17.2 Å². The SMILES string of the molecule is CC(C(=O)N1CCCC1)S(=O)(=O)Cc1nc(C(C)(C)C)no1. The zero-order valence-corrected chi connectivity index (χ0v) is 14.3. The van der Waals surface area contributed by atoms with Crippen LogP contribution < -0.4 is 0 Å². The van der Waals surface area contributed by atoms with Crippen molar-refractivity contribution in [2.75, 3.05) is 13.1 Å². The van der Waals surface area contributed by atoms with Crippen LogP contribution in [0.25, 0.3) is 0 Å². The summed E-state index contributed by atoms with van der Waals surface area (Å²) in [6.45, 7) is 8.43. The molecule has 1 aliphatic rings. The Morgan fingerprint density at radius 3 is 2.41 bits per heavy atom. The molecule has 1 unspecified atom stereocenters. The molecule has 1 aliphatic heterocycles. The van der Waals surface area contributed by atoms with Crippen molar-refractivity contribution in [3.05, 3.63) is 11.7 Å². The first-order chi connectivity index (χ1) is 10.1. The fourth-order valence-electron chi connectivity index (χ4n) is 2.26. The van der Waals surface area contributed by atoms with Gasteiger partial charge in [0.2, 0.25) is 11.8 Å². The van der Waals surface area contributed by atoms with Gasteiger partial charge in [0, 0.05) is 18.5 Å². The zero-order chi connectivity index (χ0) is 16.5. The molecule has 0 aliphatic carbocycles. The Bertz CT molecular complexity index is 639. The number of sulfone groups is 1. The summed E-state index contributed by atoms with van der Waals surface area (Å²) >= 11 is 0. The summed E-state index contributed by atoms with van der Waals surface area (Å²) in [6.07, 6.45) is 1.86. The average molecular weight is 329 g/mol. The normalized spacial score (nSPS) is 17.7. The van der Waals surface area contributed by atoms with Gasteiger partial charge in [-0.2, -0.15) is 4.98 Å². The van der Waals surface area contributed by atoms with Gasteiger partial charge in [-0.15, -0.1) is 0 Å². The number of nitrogens with zero attached hydrogens (tertiary/aromatic N) is 3. The van der Waals surface area contributed by atoms with Gasteiger partial charge in [0.15, 0.2) is 15.7 Å². The van der Waals surface area contributed by atoms with E-state index >= 15 is 0 Å². The van der Waals surface area contributed by atoms with Gasteiger partial charge in [0.05, 0.1) is 0 Å². The summed E-state index contributed by atoms with van der Waals surface area (Å²) in [6, 6.07) is 0. The molecule has 124 valence electrons. The monoisotopic (exact) mass is 329 g/mol. The third kappa shape index (κ3) is 3.66. The molecule has 0 aromatic carbocycles. The fraction of sp³-hybridized carbons (Fsp3) is 0.786. The van der Waals surface area contributed by atoms with Crippen LogP contribution in [0.4, 0.5) is 0 Å². The molecular weight excluding hydrogens is 306 g/mol. The minimum absolute atomic E-state index is 0.0333. The quantitative estimate of drug-likeness (QED) is 0.826. The number of carbonyl (C=O) groups excluding carboxylic acids is 1. The lowest BCUT2D eigenvalue weighted by Gasteiger charge is -2.19. The molecule has 1 amide bonds. The molecule has 2 heterocycles. The van der Waals surface area contributed by atoms with Gasteiger partial charge in [-0.05, 0) is 19.8 Å². The second-order valence-electron chi connectivity index (χ2n) is 6.74. The summed E-state index contributed by atoms with van der Waals surface area (Å²) in [5.74, 6) is -0.258. The molecule has 0 saturated carbocycles. The van der Waals surface area contributed by atoms with E-state index in [4.69, 9.17) is 4.52 Å². The second kappa shape index (κ2) is 5.98. The minimum atomic E-state index is -3.67. The van der Waals surface area contributed by atoms with Crippen molar-refractivity contribution in [1.29, 1.82) is 0 Å². The summed E-state index contributed by atoms with van der Waals surface area (Å²) < 4.78 is 29.8. The van der Waals surface area contributed by atoms with Crippen LogP contribution in [0.3, 0.4) is 0 Å². The highest BCUT2D eigenvalue weighted by Gasteiger charge is 2.34. The predicted molar refractivity (Wildman–Crippen MR) is 80.9 cm³/mol. The topological polar surface area (TPSA) is 93.4 Å². The lowest BCUT2D eigenvalue weighted by Crippen LogP contribution is -2.40. The van der Waals surface area contributed by atoms with Crippen LogP contribution in [0, 0.1) is 0 Å². The van der Waals surface area contributed by atoms with Crippen LogP contribution in [-0.2, 0) is 25.8 Å². The van der Waals surface area contributed by atoms with Crippen LogP contribution >= 0.6 is 0 Å². The van der Waals surface area contributed by atoms with E-state index in [0.29, 0.717) is 18.9 Å². The minimum Gasteiger partial charge on any atom is -0.342 e. The maximum absolute atomic E-state index is 12.4. The summed E-state index contributed by atoms with van der Waals surface area (Å²) in [5, 5.41) is 2.72. The average Bonchev–Trinajstić information content (AvgIpc) is 3.06. The molecule has 1 atom stereocenters. The Morgan fingerprint density at radius 2 is 1.91 bits per heavy atom. The molecule has 1 saturated heterocycles. The van der Waals surface area contributed by atoms with E-state index in [0.717, 1.165) is 12.8 Å². The molecule has 1 aromatic rings. The Labute approximate surface area is 131 Å². The predicted octanol–water partition coefficient (Wildman–Crippen LogP) is 1.29. The smallest absolute Gasteiger partial charge is 0.241 e. The zero-order valence-electron chi connectivity index (χ0n) is 13.5. The summed E-state index contributed by atoms with van der Waals surface area (Å²) in [5.41, 5.74) is -0.317. The first kappa shape index (κ1) is 16.9. The first-order valence-electron chi connectivity index (χ1n) is 7.44. The van der Waals surface area contributed by atoms with Crippen molar-refractivity contribution >= 4 is 15.7 Å². The van der Waals surface area contributed by atoms with Crippen LogP contribution in [0.2, 0.25) is 0 Å². The van der Waals surface area contributed by atoms with Crippen LogP contribution in [0.15, 0.2) is 4.52 Å². The molecule has 0 radical (unpaired) electrons. The molecule has 22 heavy (non-hydrogen) atoms. The van der Waals surface area contributed by atoms with Gasteiger partial charge in [-0.25, -0.2) is 8.42 Å². The van der Waals surface area contributed by atoms with Gasteiger partial charge < -0.3 is 9.42 Å². The summed E-state index contributed by atoms with van der Waals surface area (Å²) in [4.78, 5) is 18.0. The molecule has 0 spiro atoms. The number of hydrogen-bond acceptors (Lipinski definition) is 6. The standard InChI is InChI=1S/C14H23N3O4S/c1-10(12(18)17-7-5-6-8-17)22(19,20)9-11-15-13(16-21-11)14(2,3)4/h10H,5-9H2,1-4H3. The van der Waals surface area contributed by atoms with Crippen molar-refractivity contribution in [2.24, 2.45) is 0 Å². The highest BCUT2D eigenvalue weighted by molar-refractivity contribution is 7.92. The fourth-order valence-corrected chi connectivity index (χ4v) is 3.43. The molecule has 1 aromatic heterocycles. The molecule has 0 bridgehead atoms. The van der Waals surface area contributed by atoms with Crippen molar-refractivity contribution in [3.8, 4) is 0 Å². The highest BCUT2D eigenvalue weighted by atomic mass is 32.2. The third-order valence-electron chi connectivity index (χ3n) is 3.77. The lowest BCUT2D eigenvalue weighted by atomic mass is 9.96. The maximum atomic E-state index is 12.4. The van der Waals surface area contributed by atoms with Gasteiger partial charge in [0.1, 0.15) is 11.0 Å². The number of rotatable bonds is 4. The lowest BCUT2D eigenvalue weighted by molar-refractivity contribution is -0.129. The van der Waals surface area contributed by atoms with E-state index in [1.807, 2.05) is 20.8 Å². The van der Waals surface area contributed by atoms with E-state index in [1.54, 1.807) is 4.90 Å². The van der Waals surface area contributed by atoms with Crippen LogP contribution in [-0.4, -0.2) is 47.7 Å². The Hall–Kier alpha value is -1.44. The van der Waals surface area contributed by atoms with Crippen molar-refractivity contribution in [3.63, 3.8) is 0 Å².